The van der Waals surface area contributed by atoms with E-state index in [1.54, 1.807) is 0 Å². The first-order valence-electron chi connectivity index (χ1n) is 18.4. The van der Waals surface area contributed by atoms with Gasteiger partial charge in [-0.15, -0.1) is 0 Å². The Morgan fingerprint density at radius 3 is 1.94 bits per heavy atom. The van der Waals surface area contributed by atoms with E-state index in [1.165, 1.54) is 33.6 Å². The molecular weight excluding hydrogens is 645 g/mol. The molecule has 6 aromatic rings. The fourth-order valence-corrected chi connectivity index (χ4v) is 8.22. The fraction of sp³-hybridized carbons (Fsp3) is 0.0816. The van der Waals surface area contributed by atoms with Gasteiger partial charge in [0.05, 0.1) is 6.04 Å². The highest BCUT2D eigenvalue weighted by atomic mass is 15.2. The Labute approximate surface area is 310 Å². The molecule has 0 N–H and O–H groups in total. The molecule has 0 bridgehead atoms. The Hall–Kier alpha value is -6.65. The molecule has 1 aliphatic heterocycles. The van der Waals surface area contributed by atoms with Crippen LogP contribution in [0.25, 0.3) is 50.9 Å². The van der Waals surface area contributed by atoms with Gasteiger partial charge in [0.1, 0.15) is 0 Å². The summed E-state index contributed by atoms with van der Waals surface area (Å²) < 4.78 is 0. The fourth-order valence-electron chi connectivity index (χ4n) is 8.22. The SMILES string of the molecule is C1=CCC2C(=C1)c1ccc(C3C=CC=C4C=CC=CC43)cc1N2c1cccc(-c2cccc(-c3nc(-c4ccccc4)nc(-c4ccccc4)n3)c2)c1. The second-order valence-electron chi connectivity index (χ2n) is 14.0. The molecular formula is C49H36N4. The van der Waals surface area contributed by atoms with Crippen molar-refractivity contribution in [2.24, 2.45) is 5.92 Å². The number of rotatable bonds is 6. The molecule has 0 fully saturated rings. The predicted molar refractivity (Wildman–Crippen MR) is 217 cm³/mol. The zero-order valence-electron chi connectivity index (χ0n) is 29.1. The number of benzene rings is 5. The lowest BCUT2D eigenvalue weighted by atomic mass is 9.76. The zero-order chi connectivity index (χ0) is 35.1. The summed E-state index contributed by atoms with van der Waals surface area (Å²) in [5, 5.41) is 0. The minimum absolute atomic E-state index is 0.250. The summed E-state index contributed by atoms with van der Waals surface area (Å²) >= 11 is 0. The lowest BCUT2D eigenvalue weighted by Crippen LogP contribution is -2.27. The maximum Gasteiger partial charge on any atom is 0.164 e. The van der Waals surface area contributed by atoms with Crippen LogP contribution >= 0.6 is 0 Å². The molecule has 53 heavy (non-hydrogen) atoms. The standard InChI is InChI=1S/C49H36N4/c1-3-15-34(16-4-1)47-50-48(35-17-5-2-6-18-35)52-49(51-47)39-22-11-20-36(30-39)37-21-12-23-40(31-37)53-45-27-10-9-25-43(45)44-29-28-38(32-46(44)53)42-26-13-19-33-14-7-8-24-41(33)42/h1-26,28-32,41-42,45H,27H2. The van der Waals surface area contributed by atoms with E-state index in [9.17, 15) is 0 Å². The molecule has 10 rings (SSSR count). The van der Waals surface area contributed by atoms with Gasteiger partial charge in [0.25, 0.3) is 0 Å². The molecule has 0 saturated carbocycles. The van der Waals surface area contributed by atoms with Crippen LogP contribution in [-0.4, -0.2) is 21.0 Å². The van der Waals surface area contributed by atoms with Crippen LogP contribution in [0.5, 0.6) is 0 Å². The molecule has 2 heterocycles. The second-order valence-corrected chi connectivity index (χ2v) is 14.0. The Kier molecular flexibility index (Phi) is 7.72. The predicted octanol–water partition coefficient (Wildman–Crippen LogP) is 11.7. The third-order valence-corrected chi connectivity index (χ3v) is 10.8. The summed E-state index contributed by atoms with van der Waals surface area (Å²) in [6.07, 6.45) is 23.5. The second kappa shape index (κ2) is 13.2. The lowest BCUT2D eigenvalue weighted by molar-refractivity contribution is 0.670. The van der Waals surface area contributed by atoms with Crippen molar-refractivity contribution in [1.82, 2.24) is 15.0 Å². The number of allylic oxidation sites excluding steroid dienone is 10. The van der Waals surface area contributed by atoms with Crippen LogP contribution in [-0.2, 0) is 0 Å². The Bertz CT molecular complexity index is 2500. The van der Waals surface area contributed by atoms with E-state index in [2.05, 4.69) is 132 Å². The van der Waals surface area contributed by atoms with Crippen molar-refractivity contribution < 1.29 is 0 Å². The molecule has 252 valence electrons. The van der Waals surface area contributed by atoms with Gasteiger partial charge in [0.15, 0.2) is 17.5 Å². The van der Waals surface area contributed by atoms with Gasteiger partial charge < -0.3 is 4.90 Å². The molecule has 0 spiro atoms. The number of fused-ring (bicyclic) bond motifs is 4. The van der Waals surface area contributed by atoms with Crippen LogP contribution in [0.1, 0.15) is 23.5 Å². The van der Waals surface area contributed by atoms with Crippen LogP contribution in [0.4, 0.5) is 11.4 Å². The van der Waals surface area contributed by atoms with Crippen molar-refractivity contribution in [2.75, 3.05) is 4.90 Å². The smallest absolute Gasteiger partial charge is 0.164 e. The summed E-state index contributed by atoms with van der Waals surface area (Å²) in [7, 11) is 0. The van der Waals surface area contributed by atoms with Crippen LogP contribution < -0.4 is 4.90 Å². The van der Waals surface area contributed by atoms with Gasteiger partial charge in [-0.05, 0) is 58.5 Å². The first-order chi connectivity index (χ1) is 26.3. The highest BCUT2D eigenvalue weighted by molar-refractivity contribution is 5.94. The van der Waals surface area contributed by atoms with Gasteiger partial charge in [0, 0.05) is 45.5 Å². The normalized spacial score (nSPS) is 19.3. The van der Waals surface area contributed by atoms with Crippen LogP contribution in [0.15, 0.2) is 194 Å². The molecule has 3 aliphatic carbocycles. The number of hydrogen-bond acceptors (Lipinski definition) is 4. The number of nitrogens with zero attached hydrogens (tertiary/aromatic N) is 4. The van der Waals surface area contributed by atoms with Gasteiger partial charge in [-0.2, -0.15) is 0 Å². The molecule has 4 nitrogen and oxygen atoms in total. The minimum Gasteiger partial charge on any atom is -0.333 e. The third-order valence-electron chi connectivity index (χ3n) is 10.8. The van der Waals surface area contributed by atoms with E-state index in [0.29, 0.717) is 29.3 Å². The molecule has 0 saturated heterocycles. The molecule has 0 amide bonds. The summed E-state index contributed by atoms with van der Waals surface area (Å²) in [5.41, 5.74) is 13.0. The monoisotopic (exact) mass is 680 g/mol. The van der Waals surface area contributed by atoms with Gasteiger partial charge in [-0.3, -0.25) is 0 Å². The average molecular weight is 681 g/mol. The minimum atomic E-state index is 0.250. The van der Waals surface area contributed by atoms with E-state index < -0.39 is 0 Å². The summed E-state index contributed by atoms with van der Waals surface area (Å²) in [4.78, 5) is 17.4. The number of aromatic nitrogens is 3. The van der Waals surface area contributed by atoms with Crippen molar-refractivity contribution in [3.63, 3.8) is 0 Å². The van der Waals surface area contributed by atoms with Crippen LogP contribution in [0, 0.1) is 5.92 Å². The Morgan fingerprint density at radius 1 is 0.509 bits per heavy atom. The van der Waals surface area contributed by atoms with Crippen molar-refractivity contribution >= 4 is 16.9 Å². The largest absolute Gasteiger partial charge is 0.333 e. The Balaban J connectivity index is 1.03. The maximum atomic E-state index is 5.00. The van der Waals surface area contributed by atoms with Crippen molar-refractivity contribution in [1.29, 1.82) is 0 Å². The highest BCUT2D eigenvalue weighted by Gasteiger charge is 2.36. The molecule has 0 radical (unpaired) electrons. The van der Waals surface area contributed by atoms with Gasteiger partial charge in [0.2, 0.25) is 0 Å². The molecule has 1 aromatic heterocycles. The van der Waals surface area contributed by atoms with Crippen molar-refractivity contribution in [3.8, 4) is 45.3 Å². The highest BCUT2D eigenvalue weighted by Crippen LogP contribution is 2.50. The topological polar surface area (TPSA) is 41.9 Å². The first kappa shape index (κ1) is 31.1. The van der Waals surface area contributed by atoms with Gasteiger partial charge >= 0.3 is 0 Å². The van der Waals surface area contributed by atoms with E-state index in [-0.39, 0.29) is 6.04 Å². The van der Waals surface area contributed by atoms with E-state index in [1.807, 2.05) is 60.7 Å². The van der Waals surface area contributed by atoms with E-state index in [4.69, 9.17) is 15.0 Å². The van der Waals surface area contributed by atoms with E-state index >= 15 is 0 Å². The molecule has 4 aliphatic rings. The molecule has 5 aromatic carbocycles. The first-order valence-corrected chi connectivity index (χ1v) is 18.4. The summed E-state index contributed by atoms with van der Waals surface area (Å²) in [6, 6.07) is 45.2. The van der Waals surface area contributed by atoms with Gasteiger partial charge in [-0.25, -0.2) is 15.0 Å². The quantitative estimate of drug-likeness (QED) is 0.176. The van der Waals surface area contributed by atoms with Crippen LogP contribution in [0.2, 0.25) is 0 Å². The van der Waals surface area contributed by atoms with Crippen LogP contribution in [0.3, 0.4) is 0 Å². The zero-order valence-corrected chi connectivity index (χ0v) is 29.1. The average Bonchev–Trinajstić information content (AvgIpc) is 3.58. The van der Waals surface area contributed by atoms with E-state index in [0.717, 1.165) is 34.2 Å². The van der Waals surface area contributed by atoms with Gasteiger partial charge in [-0.1, -0.05) is 164 Å². The maximum absolute atomic E-state index is 5.00. The lowest BCUT2D eigenvalue weighted by Gasteiger charge is -2.30. The Morgan fingerprint density at radius 2 is 1.17 bits per heavy atom. The number of hydrogen-bond donors (Lipinski definition) is 0. The third kappa shape index (κ3) is 5.69. The molecule has 4 heteroatoms. The molecule has 3 atom stereocenters. The number of anilines is 2. The summed E-state index contributed by atoms with van der Waals surface area (Å²) in [5.74, 6) is 2.62. The summed E-state index contributed by atoms with van der Waals surface area (Å²) in [6.45, 7) is 0. The van der Waals surface area contributed by atoms with Crippen molar-refractivity contribution in [2.45, 2.75) is 18.4 Å². The van der Waals surface area contributed by atoms with Crippen molar-refractivity contribution in [3.05, 3.63) is 205 Å². The molecule has 3 unspecified atom stereocenters.